The molecular weight excluding hydrogens is 364 g/mol. The summed E-state index contributed by atoms with van der Waals surface area (Å²) >= 11 is 7.09. The SMILES string of the molecule is CCC1(C(=O)OCc2cnc(Cl)s2)CCN(C(=O)OC(C)(C)C)CC1. The van der Waals surface area contributed by atoms with E-state index >= 15 is 0 Å². The molecule has 0 unspecified atom stereocenters. The summed E-state index contributed by atoms with van der Waals surface area (Å²) in [5.41, 5.74) is -1.07. The van der Waals surface area contributed by atoms with E-state index in [9.17, 15) is 9.59 Å². The number of hydrogen-bond acceptors (Lipinski definition) is 6. The van der Waals surface area contributed by atoms with Crippen molar-refractivity contribution in [2.24, 2.45) is 5.41 Å². The molecule has 1 fully saturated rings. The number of piperidine rings is 1. The van der Waals surface area contributed by atoms with E-state index < -0.39 is 11.0 Å². The molecule has 1 saturated heterocycles. The molecule has 1 amide bonds. The van der Waals surface area contributed by atoms with Gasteiger partial charge in [-0.2, -0.15) is 0 Å². The van der Waals surface area contributed by atoms with Gasteiger partial charge in [-0.15, -0.1) is 11.3 Å². The Morgan fingerprint density at radius 1 is 1.36 bits per heavy atom. The standard InChI is InChI=1S/C17H25ClN2O4S/c1-5-17(13(21)23-11-12-10-19-14(18)25-12)6-8-20(9-7-17)15(22)24-16(2,3)4/h10H,5-9,11H2,1-4H3. The molecule has 2 heterocycles. The van der Waals surface area contributed by atoms with Crippen molar-refractivity contribution in [3.8, 4) is 0 Å². The number of likely N-dealkylation sites (tertiary alicyclic amines) is 1. The largest absolute Gasteiger partial charge is 0.459 e. The molecule has 1 aromatic heterocycles. The number of carbonyl (C=O) groups is 2. The molecule has 0 radical (unpaired) electrons. The summed E-state index contributed by atoms with van der Waals surface area (Å²) in [6.45, 7) is 8.67. The van der Waals surface area contributed by atoms with E-state index in [1.165, 1.54) is 11.3 Å². The van der Waals surface area contributed by atoms with E-state index in [-0.39, 0.29) is 18.7 Å². The van der Waals surface area contributed by atoms with E-state index in [0.29, 0.717) is 36.8 Å². The zero-order valence-corrected chi connectivity index (χ0v) is 16.7. The fourth-order valence-corrected chi connectivity index (χ4v) is 3.68. The Morgan fingerprint density at radius 2 is 2.00 bits per heavy atom. The highest BCUT2D eigenvalue weighted by atomic mass is 35.5. The summed E-state index contributed by atoms with van der Waals surface area (Å²) in [6.07, 6.45) is 3.11. The lowest BCUT2D eigenvalue weighted by Crippen LogP contribution is -2.48. The molecule has 1 aliphatic heterocycles. The molecule has 0 aromatic carbocycles. The van der Waals surface area contributed by atoms with Gasteiger partial charge in [-0.05, 0) is 40.0 Å². The zero-order valence-electron chi connectivity index (χ0n) is 15.1. The van der Waals surface area contributed by atoms with Crippen molar-refractivity contribution in [2.45, 2.75) is 59.2 Å². The molecule has 1 aromatic rings. The van der Waals surface area contributed by atoms with Gasteiger partial charge in [-0.3, -0.25) is 4.79 Å². The number of aromatic nitrogens is 1. The summed E-state index contributed by atoms with van der Waals surface area (Å²) in [5.74, 6) is -0.219. The van der Waals surface area contributed by atoms with Crippen molar-refractivity contribution in [1.82, 2.24) is 9.88 Å². The number of esters is 1. The highest BCUT2D eigenvalue weighted by Crippen LogP contribution is 2.37. The van der Waals surface area contributed by atoms with Crippen LogP contribution in [0.25, 0.3) is 0 Å². The summed E-state index contributed by atoms with van der Waals surface area (Å²) in [4.78, 5) is 31.2. The average Bonchev–Trinajstić information content (AvgIpc) is 2.96. The average molecular weight is 389 g/mol. The first-order chi connectivity index (χ1) is 11.6. The van der Waals surface area contributed by atoms with Gasteiger partial charge in [-0.25, -0.2) is 9.78 Å². The molecule has 0 saturated carbocycles. The third-order valence-electron chi connectivity index (χ3n) is 4.35. The van der Waals surface area contributed by atoms with E-state index in [1.54, 1.807) is 11.1 Å². The van der Waals surface area contributed by atoms with Gasteiger partial charge >= 0.3 is 12.1 Å². The van der Waals surface area contributed by atoms with Gasteiger partial charge in [0.05, 0.1) is 10.3 Å². The fraction of sp³-hybridized carbons (Fsp3) is 0.706. The first kappa shape index (κ1) is 20.0. The van der Waals surface area contributed by atoms with Crippen molar-refractivity contribution in [3.63, 3.8) is 0 Å². The molecule has 8 heteroatoms. The summed E-state index contributed by atoms with van der Waals surface area (Å²) in [6, 6.07) is 0. The third-order valence-corrected chi connectivity index (χ3v) is 5.44. The highest BCUT2D eigenvalue weighted by molar-refractivity contribution is 7.15. The molecule has 0 spiro atoms. The van der Waals surface area contributed by atoms with Crippen LogP contribution in [0, 0.1) is 5.41 Å². The molecule has 0 N–H and O–H groups in total. The summed E-state index contributed by atoms with van der Waals surface area (Å²) in [5, 5.41) is 0. The second-order valence-corrected chi connectivity index (χ2v) is 8.95. The fourth-order valence-electron chi connectivity index (χ4n) is 2.79. The number of amides is 1. The van der Waals surface area contributed by atoms with Crippen LogP contribution in [0.4, 0.5) is 4.79 Å². The monoisotopic (exact) mass is 388 g/mol. The Labute approximate surface area is 157 Å². The number of hydrogen-bond donors (Lipinski definition) is 0. The smallest absolute Gasteiger partial charge is 0.410 e. The normalized spacial score (nSPS) is 17.2. The highest BCUT2D eigenvalue weighted by Gasteiger charge is 2.42. The van der Waals surface area contributed by atoms with Crippen molar-refractivity contribution >= 4 is 35.0 Å². The van der Waals surface area contributed by atoms with Crippen molar-refractivity contribution in [2.75, 3.05) is 13.1 Å². The molecule has 140 valence electrons. The predicted molar refractivity (Wildman–Crippen MR) is 96.7 cm³/mol. The number of thiazole rings is 1. The van der Waals surface area contributed by atoms with Crippen LogP contribution in [-0.2, 0) is 20.9 Å². The van der Waals surface area contributed by atoms with Gasteiger partial charge < -0.3 is 14.4 Å². The maximum absolute atomic E-state index is 12.6. The van der Waals surface area contributed by atoms with Crippen molar-refractivity contribution < 1.29 is 19.1 Å². The maximum atomic E-state index is 12.6. The minimum atomic E-state index is -0.549. The number of ether oxygens (including phenoxy) is 2. The lowest BCUT2D eigenvalue weighted by molar-refractivity contribution is -0.160. The van der Waals surface area contributed by atoms with E-state index in [2.05, 4.69) is 4.98 Å². The number of nitrogens with zero attached hydrogens (tertiary/aromatic N) is 2. The topological polar surface area (TPSA) is 68.7 Å². The van der Waals surface area contributed by atoms with Crippen LogP contribution in [0.3, 0.4) is 0 Å². The van der Waals surface area contributed by atoms with Crippen LogP contribution < -0.4 is 0 Å². The Balaban J connectivity index is 1.91. The number of carbonyl (C=O) groups excluding carboxylic acids is 2. The molecule has 0 bridgehead atoms. The van der Waals surface area contributed by atoms with Crippen molar-refractivity contribution in [1.29, 1.82) is 0 Å². The second kappa shape index (κ2) is 7.91. The van der Waals surface area contributed by atoms with Gasteiger partial charge in [-0.1, -0.05) is 18.5 Å². The first-order valence-corrected chi connectivity index (χ1v) is 9.60. The van der Waals surface area contributed by atoms with Crippen LogP contribution in [0.1, 0.15) is 51.8 Å². The van der Waals surface area contributed by atoms with Crippen LogP contribution in [0.15, 0.2) is 6.20 Å². The number of halogens is 1. The first-order valence-electron chi connectivity index (χ1n) is 8.40. The van der Waals surface area contributed by atoms with Gasteiger partial charge in [0.15, 0.2) is 4.47 Å². The molecule has 2 rings (SSSR count). The lowest BCUT2D eigenvalue weighted by Gasteiger charge is -2.39. The quantitative estimate of drug-likeness (QED) is 0.720. The lowest BCUT2D eigenvalue weighted by atomic mass is 9.76. The Kier molecular flexibility index (Phi) is 6.32. The van der Waals surface area contributed by atoms with Crippen LogP contribution in [-0.4, -0.2) is 40.6 Å². The van der Waals surface area contributed by atoms with Crippen LogP contribution in [0.5, 0.6) is 0 Å². The summed E-state index contributed by atoms with van der Waals surface area (Å²) < 4.78 is 11.3. The summed E-state index contributed by atoms with van der Waals surface area (Å²) in [7, 11) is 0. The molecular formula is C17H25ClN2O4S. The molecule has 1 aliphatic rings. The van der Waals surface area contributed by atoms with E-state index in [4.69, 9.17) is 21.1 Å². The van der Waals surface area contributed by atoms with Gasteiger partial charge in [0, 0.05) is 19.3 Å². The molecule has 0 atom stereocenters. The Hall–Kier alpha value is -1.34. The Bertz CT molecular complexity index is 618. The van der Waals surface area contributed by atoms with E-state index in [1.807, 2.05) is 27.7 Å². The van der Waals surface area contributed by atoms with E-state index in [0.717, 1.165) is 4.88 Å². The van der Waals surface area contributed by atoms with Gasteiger partial charge in [0.1, 0.15) is 12.2 Å². The molecule has 0 aliphatic carbocycles. The minimum absolute atomic E-state index is 0.181. The van der Waals surface area contributed by atoms with Gasteiger partial charge in [0.2, 0.25) is 0 Å². The minimum Gasteiger partial charge on any atom is -0.459 e. The Morgan fingerprint density at radius 3 is 2.48 bits per heavy atom. The van der Waals surface area contributed by atoms with Crippen LogP contribution in [0.2, 0.25) is 4.47 Å². The zero-order chi connectivity index (χ0) is 18.7. The molecule has 25 heavy (non-hydrogen) atoms. The third kappa shape index (κ3) is 5.31. The van der Waals surface area contributed by atoms with Crippen molar-refractivity contribution in [3.05, 3.63) is 15.5 Å². The predicted octanol–water partition coefficient (Wildman–Crippen LogP) is 4.27. The van der Waals surface area contributed by atoms with Gasteiger partial charge in [0.25, 0.3) is 0 Å². The molecule has 6 nitrogen and oxygen atoms in total. The maximum Gasteiger partial charge on any atom is 0.410 e. The van der Waals surface area contributed by atoms with Crippen LogP contribution >= 0.6 is 22.9 Å². The second-order valence-electron chi connectivity index (χ2n) is 7.26. The number of rotatable bonds is 4.